The van der Waals surface area contributed by atoms with Crippen LogP contribution in [-0.4, -0.2) is 41.7 Å². The van der Waals surface area contributed by atoms with Gasteiger partial charge in [0.25, 0.3) is 0 Å². The van der Waals surface area contributed by atoms with Crippen LogP contribution in [0.4, 0.5) is 4.79 Å². The molecule has 1 unspecified atom stereocenters. The van der Waals surface area contributed by atoms with Gasteiger partial charge in [-0.25, -0.2) is 4.79 Å². The van der Waals surface area contributed by atoms with Gasteiger partial charge >= 0.3 is 6.09 Å². The maximum atomic E-state index is 11.8. The quantitative estimate of drug-likeness (QED) is 0.498. The summed E-state index contributed by atoms with van der Waals surface area (Å²) in [5.74, 6) is -0.0546. The van der Waals surface area contributed by atoms with Gasteiger partial charge in [0.05, 0.1) is 0 Å². The van der Waals surface area contributed by atoms with Gasteiger partial charge in [-0.1, -0.05) is 0 Å². The van der Waals surface area contributed by atoms with Crippen LogP contribution in [-0.2, 0) is 4.74 Å². The maximum Gasteiger partial charge on any atom is 0.410 e. The monoisotopic (exact) mass is 278 g/mol. The van der Waals surface area contributed by atoms with Gasteiger partial charge < -0.3 is 20.7 Å². The Morgan fingerprint density at radius 2 is 2.11 bits per heavy atom. The van der Waals surface area contributed by atoms with Crippen molar-refractivity contribution in [3.63, 3.8) is 0 Å². The standard InChI is InChI=1S/C11H22N4O2.ClH/c1-11(2,3)17-10(16)15-6-4-5-8(7-15)14-9(12)13;/h8H,4-7H2,1-3H3,(H4,12,13,14);1H. The Labute approximate surface area is 114 Å². The third-order valence-corrected chi connectivity index (χ3v) is 2.43. The summed E-state index contributed by atoms with van der Waals surface area (Å²) in [6.45, 7) is 6.78. The molecule has 0 aromatic heterocycles. The average Bonchev–Trinajstić information content (AvgIpc) is 2.14. The minimum absolute atomic E-state index is 0. The van der Waals surface area contributed by atoms with Crippen molar-refractivity contribution < 1.29 is 9.53 Å². The molecule has 0 aliphatic carbocycles. The third-order valence-electron chi connectivity index (χ3n) is 2.43. The van der Waals surface area contributed by atoms with Crippen LogP contribution in [0.5, 0.6) is 0 Å². The summed E-state index contributed by atoms with van der Waals surface area (Å²) < 4.78 is 5.30. The van der Waals surface area contributed by atoms with Crippen molar-refractivity contribution in [2.75, 3.05) is 13.1 Å². The Hall–Kier alpha value is -1.17. The van der Waals surface area contributed by atoms with Crippen LogP contribution in [0.2, 0.25) is 0 Å². The fourth-order valence-electron chi connectivity index (χ4n) is 1.81. The van der Waals surface area contributed by atoms with Gasteiger partial charge in [-0.15, -0.1) is 12.4 Å². The Morgan fingerprint density at radius 3 is 2.61 bits per heavy atom. The predicted octanol–water partition coefficient (Wildman–Crippen LogP) is 1.29. The van der Waals surface area contributed by atoms with Crippen LogP contribution < -0.4 is 11.1 Å². The van der Waals surface area contributed by atoms with E-state index in [1.165, 1.54) is 0 Å². The zero-order valence-electron chi connectivity index (χ0n) is 11.2. The number of guanidine groups is 1. The van der Waals surface area contributed by atoms with Crippen molar-refractivity contribution in [2.24, 2.45) is 5.73 Å². The first-order valence-electron chi connectivity index (χ1n) is 5.86. The minimum atomic E-state index is -0.474. The number of ether oxygens (including phenoxy) is 1. The number of nitrogens with two attached hydrogens (primary N) is 1. The number of nitrogens with zero attached hydrogens (tertiary/aromatic N) is 1. The second kappa shape index (κ2) is 6.68. The van der Waals surface area contributed by atoms with Crippen molar-refractivity contribution >= 4 is 24.5 Å². The number of nitrogens with one attached hydrogen (secondary N) is 2. The van der Waals surface area contributed by atoms with Crippen LogP contribution in [0.15, 0.2) is 0 Å². The number of hydrogen-bond acceptors (Lipinski definition) is 3. The molecule has 6 nitrogen and oxygen atoms in total. The topological polar surface area (TPSA) is 91.4 Å². The number of rotatable bonds is 1. The predicted molar refractivity (Wildman–Crippen MR) is 73.1 cm³/mol. The molecule has 4 N–H and O–H groups in total. The van der Waals surface area contributed by atoms with Crippen LogP contribution in [0, 0.1) is 5.41 Å². The van der Waals surface area contributed by atoms with Crippen molar-refractivity contribution in [2.45, 2.75) is 45.3 Å². The van der Waals surface area contributed by atoms with E-state index in [0.29, 0.717) is 13.1 Å². The molecule has 0 radical (unpaired) electrons. The molecule has 0 aromatic rings. The molecular weight excluding hydrogens is 256 g/mol. The van der Waals surface area contributed by atoms with E-state index < -0.39 is 5.60 Å². The molecule has 0 spiro atoms. The summed E-state index contributed by atoms with van der Waals surface area (Å²) in [5, 5.41) is 10.0. The third kappa shape index (κ3) is 5.95. The highest BCUT2D eigenvalue weighted by atomic mass is 35.5. The molecule has 1 amide bonds. The molecule has 1 rings (SSSR count). The highest BCUT2D eigenvalue weighted by molar-refractivity contribution is 5.85. The Balaban J connectivity index is 0.00000289. The molecule has 1 heterocycles. The first kappa shape index (κ1) is 16.8. The van der Waals surface area contributed by atoms with E-state index in [1.807, 2.05) is 20.8 Å². The van der Waals surface area contributed by atoms with E-state index in [-0.39, 0.29) is 30.5 Å². The summed E-state index contributed by atoms with van der Waals surface area (Å²) in [6, 6.07) is 0.0498. The van der Waals surface area contributed by atoms with Crippen molar-refractivity contribution in [3.8, 4) is 0 Å². The number of piperidine rings is 1. The van der Waals surface area contributed by atoms with Gasteiger partial charge in [-0.2, -0.15) is 0 Å². The van der Waals surface area contributed by atoms with Crippen LogP contribution in [0.1, 0.15) is 33.6 Å². The van der Waals surface area contributed by atoms with Gasteiger partial charge in [-0.05, 0) is 33.6 Å². The van der Waals surface area contributed by atoms with Gasteiger partial charge in [0, 0.05) is 19.1 Å². The first-order chi connectivity index (χ1) is 7.78. The second-order valence-corrected chi connectivity index (χ2v) is 5.32. The van der Waals surface area contributed by atoms with E-state index in [9.17, 15) is 4.79 Å². The van der Waals surface area contributed by atoms with E-state index in [1.54, 1.807) is 4.90 Å². The van der Waals surface area contributed by atoms with Gasteiger partial charge in [0.1, 0.15) is 5.60 Å². The number of likely N-dealkylation sites (tertiary alicyclic amines) is 1. The zero-order valence-corrected chi connectivity index (χ0v) is 12.0. The SMILES string of the molecule is CC(C)(C)OC(=O)N1CCCC(NC(=N)N)C1.Cl. The molecule has 0 bridgehead atoms. The molecule has 18 heavy (non-hydrogen) atoms. The molecule has 1 aliphatic heterocycles. The molecule has 1 saturated heterocycles. The van der Waals surface area contributed by atoms with Crippen molar-refractivity contribution in [3.05, 3.63) is 0 Å². The second-order valence-electron chi connectivity index (χ2n) is 5.32. The largest absolute Gasteiger partial charge is 0.444 e. The van der Waals surface area contributed by atoms with Crippen LogP contribution in [0.25, 0.3) is 0 Å². The summed E-state index contributed by atoms with van der Waals surface area (Å²) in [7, 11) is 0. The number of hydrogen-bond donors (Lipinski definition) is 3. The Morgan fingerprint density at radius 1 is 1.50 bits per heavy atom. The molecule has 7 heteroatoms. The molecular formula is C11H23ClN4O2. The number of amides is 1. The van der Waals surface area contributed by atoms with Crippen molar-refractivity contribution in [1.82, 2.24) is 10.2 Å². The number of carbonyl (C=O) groups is 1. The zero-order chi connectivity index (χ0) is 13.1. The number of halogens is 1. The fourth-order valence-corrected chi connectivity index (χ4v) is 1.81. The van der Waals surface area contributed by atoms with E-state index in [2.05, 4.69) is 5.32 Å². The lowest BCUT2D eigenvalue weighted by molar-refractivity contribution is 0.0194. The van der Waals surface area contributed by atoms with E-state index in [0.717, 1.165) is 12.8 Å². The molecule has 106 valence electrons. The van der Waals surface area contributed by atoms with Crippen LogP contribution in [0.3, 0.4) is 0 Å². The molecule has 1 aliphatic rings. The summed E-state index contributed by atoms with van der Waals surface area (Å²) >= 11 is 0. The van der Waals surface area contributed by atoms with Gasteiger partial charge in [0.15, 0.2) is 5.96 Å². The first-order valence-corrected chi connectivity index (χ1v) is 5.86. The van der Waals surface area contributed by atoms with E-state index in [4.69, 9.17) is 15.9 Å². The smallest absolute Gasteiger partial charge is 0.410 e. The summed E-state index contributed by atoms with van der Waals surface area (Å²) in [5.41, 5.74) is 4.81. The summed E-state index contributed by atoms with van der Waals surface area (Å²) in [6.07, 6.45) is 1.51. The Kier molecular flexibility index (Phi) is 6.25. The lowest BCUT2D eigenvalue weighted by Gasteiger charge is -2.34. The van der Waals surface area contributed by atoms with Crippen LogP contribution >= 0.6 is 12.4 Å². The van der Waals surface area contributed by atoms with Gasteiger partial charge in [-0.3, -0.25) is 5.41 Å². The lowest BCUT2D eigenvalue weighted by atomic mass is 10.1. The maximum absolute atomic E-state index is 11.8. The van der Waals surface area contributed by atoms with Gasteiger partial charge in [0.2, 0.25) is 0 Å². The highest BCUT2D eigenvalue weighted by Gasteiger charge is 2.27. The normalized spacial score (nSPS) is 19.7. The molecule has 1 fully saturated rings. The molecule has 0 aromatic carbocycles. The average molecular weight is 279 g/mol. The van der Waals surface area contributed by atoms with E-state index >= 15 is 0 Å². The lowest BCUT2D eigenvalue weighted by Crippen LogP contribution is -2.51. The Bertz CT molecular complexity index is 304. The fraction of sp³-hybridized carbons (Fsp3) is 0.818. The summed E-state index contributed by atoms with van der Waals surface area (Å²) in [4.78, 5) is 13.5. The molecule has 0 saturated carbocycles. The minimum Gasteiger partial charge on any atom is -0.444 e. The van der Waals surface area contributed by atoms with Crippen molar-refractivity contribution in [1.29, 1.82) is 5.41 Å². The highest BCUT2D eigenvalue weighted by Crippen LogP contribution is 2.15. The molecule has 1 atom stereocenters. The number of carbonyl (C=O) groups excluding carboxylic acids is 1.